The number of carboxylic acids is 1. The highest BCUT2D eigenvalue weighted by atomic mass is 35.5. The fourth-order valence-electron chi connectivity index (χ4n) is 2.05. The molecule has 1 unspecified atom stereocenters. The van der Waals surface area contributed by atoms with Crippen LogP contribution in [-0.2, 0) is 10.3 Å². The zero-order valence-corrected chi connectivity index (χ0v) is 8.92. The Morgan fingerprint density at radius 1 is 1.53 bits per heavy atom. The van der Waals surface area contributed by atoms with Crippen molar-refractivity contribution in [3.8, 4) is 0 Å². The lowest BCUT2D eigenvalue weighted by atomic mass is 9.88. The summed E-state index contributed by atoms with van der Waals surface area (Å²) < 4.78 is 0. The monoisotopic (exact) mass is 225 g/mol. The van der Waals surface area contributed by atoms with Crippen molar-refractivity contribution in [2.24, 2.45) is 0 Å². The first-order chi connectivity index (χ1) is 7.15. The summed E-state index contributed by atoms with van der Waals surface area (Å²) in [6, 6.07) is 7.05. The maximum absolute atomic E-state index is 11.3. The third kappa shape index (κ3) is 1.73. The van der Waals surface area contributed by atoms with Crippen molar-refractivity contribution < 1.29 is 9.90 Å². The van der Waals surface area contributed by atoms with Crippen molar-refractivity contribution in [3.63, 3.8) is 0 Å². The van der Waals surface area contributed by atoms with Gasteiger partial charge in [-0.1, -0.05) is 23.7 Å². The number of hydrogen-bond acceptors (Lipinski definition) is 2. The van der Waals surface area contributed by atoms with E-state index in [1.807, 2.05) is 0 Å². The van der Waals surface area contributed by atoms with Crippen molar-refractivity contribution in [1.29, 1.82) is 0 Å². The highest BCUT2D eigenvalue weighted by molar-refractivity contribution is 6.30. The molecule has 4 heteroatoms. The van der Waals surface area contributed by atoms with E-state index in [9.17, 15) is 9.90 Å². The van der Waals surface area contributed by atoms with Crippen molar-refractivity contribution in [2.75, 3.05) is 6.54 Å². The van der Waals surface area contributed by atoms with Gasteiger partial charge in [0.15, 0.2) is 0 Å². The van der Waals surface area contributed by atoms with Gasteiger partial charge in [0.05, 0.1) is 0 Å². The molecule has 1 aromatic carbocycles. The van der Waals surface area contributed by atoms with Gasteiger partial charge in [-0.05, 0) is 37.1 Å². The van der Waals surface area contributed by atoms with Crippen molar-refractivity contribution in [3.05, 3.63) is 34.9 Å². The van der Waals surface area contributed by atoms with Gasteiger partial charge in [-0.2, -0.15) is 0 Å². The molecule has 1 atom stereocenters. The summed E-state index contributed by atoms with van der Waals surface area (Å²) in [5.74, 6) is -0.831. The molecule has 1 aromatic rings. The molecule has 15 heavy (non-hydrogen) atoms. The van der Waals surface area contributed by atoms with E-state index in [0.29, 0.717) is 11.4 Å². The number of hydrogen-bond donors (Lipinski definition) is 2. The summed E-state index contributed by atoms with van der Waals surface area (Å²) >= 11 is 5.87. The van der Waals surface area contributed by atoms with Gasteiger partial charge in [0.25, 0.3) is 0 Å². The zero-order valence-electron chi connectivity index (χ0n) is 8.16. The van der Waals surface area contributed by atoms with Crippen LogP contribution in [0.25, 0.3) is 0 Å². The second-order valence-corrected chi connectivity index (χ2v) is 4.19. The Labute approximate surface area is 93.1 Å². The lowest BCUT2D eigenvalue weighted by Crippen LogP contribution is -2.44. The average Bonchev–Trinajstić information content (AvgIpc) is 2.67. The predicted octanol–water partition coefficient (Wildman–Crippen LogP) is 2.00. The number of benzene rings is 1. The number of nitrogens with one attached hydrogen (secondary N) is 1. The minimum atomic E-state index is -0.940. The Balaban J connectivity index is 2.45. The number of rotatable bonds is 2. The highest BCUT2D eigenvalue weighted by Crippen LogP contribution is 2.32. The molecule has 0 saturated carbocycles. The third-order valence-corrected chi connectivity index (χ3v) is 3.07. The Bertz CT molecular complexity index is 386. The molecular formula is C11H12ClNO2. The molecule has 0 amide bonds. The van der Waals surface area contributed by atoms with E-state index in [1.54, 1.807) is 24.3 Å². The maximum Gasteiger partial charge on any atom is 0.328 e. The van der Waals surface area contributed by atoms with Crippen LogP contribution in [-0.4, -0.2) is 17.6 Å². The largest absolute Gasteiger partial charge is 0.480 e. The minimum Gasteiger partial charge on any atom is -0.480 e. The van der Waals surface area contributed by atoms with Crippen LogP contribution in [0.2, 0.25) is 5.02 Å². The van der Waals surface area contributed by atoms with E-state index >= 15 is 0 Å². The summed E-state index contributed by atoms with van der Waals surface area (Å²) in [6.07, 6.45) is 1.49. The molecule has 0 aromatic heterocycles. The molecule has 1 aliphatic heterocycles. The SMILES string of the molecule is O=C(O)C1(c2cccc(Cl)c2)CCCN1. The molecule has 2 rings (SSSR count). The molecule has 1 saturated heterocycles. The second-order valence-electron chi connectivity index (χ2n) is 3.75. The molecular weight excluding hydrogens is 214 g/mol. The standard InChI is InChI=1S/C11H12ClNO2/c12-9-4-1-3-8(7-9)11(10(14)15)5-2-6-13-11/h1,3-4,7,13H,2,5-6H2,(H,14,15). The van der Waals surface area contributed by atoms with Crippen LogP contribution in [0.3, 0.4) is 0 Å². The molecule has 80 valence electrons. The average molecular weight is 226 g/mol. The zero-order chi connectivity index (χ0) is 10.9. The van der Waals surface area contributed by atoms with Gasteiger partial charge in [-0.25, -0.2) is 4.79 Å². The van der Waals surface area contributed by atoms with Crippen LogP contribution < -0.4 is 5.32 Å². The first-order valence-corrected chi connectivity index (χ1v) is 5.27. The maximum atomic E-state index is 11.3. The smallest absolute Gasteiger partial charge is 0.328 e. The van der Waals surface area contributed by atoms with E-state index in [1.165, 1.54) is 0 Å². The molecule has 0 radical (unpaired) electrons. The van der Waals surface area contributed by atoms with Gasteiger partial charge < -0.3 is 5.11 Å². The van der Waals surface area contributed by atoms with Gasteiger partial charge >= 0.3 is 5.97 Å². The number of carbonyl (C=O) groups is 1. The molecule has 2 N–H and O–H groups in total. The van der Waals surface area contributed by atoms with Gasteiger partial charge in [0.1, 0.15) is 5.54 Å². The predicted molar refractivity (Wildman–Crippen MR) is 58.0 cm³/mol. The van der Waals surface area contributed by atoms with Gasteiger partial charge in [-0.15, -0.1) is 0 Å². The van der Waals surface area contributed by atoms with Crippen molar-refractivity contribution >= 4 is 17.6 Å². The highest BCUT2D eigenvalue weighted by Gasteiger charge is 2.42. The minimum absolute atomic E-state index is 0.571. The quantitative estimate of drug-likeness (QED) is 0.810. The lowest BCUT2D eigenvalue weighted by Gasteiger charge is -2.25. The summed E-state index contributed by atoms with van der Waals surface area (Å²) in [5.41, 5.74) is -0.203. The second kappa shape index (κ2) is 3.83. The molecule has 1 aliphatic rings. The molecule has 3 nitrogen and oxygen atoms in total. The Morgan fingerprint density at radius 3 is 2.87 bits per heavy atom. The fourth-order valence-corrected chi connectivity index (χ4v) is 2.24. The van der Waals surface area contributed by atoms with Gasteiger partial charge in [-0.3, -0.25) is 5.32 Å². The summed E-state index contributed by atoms with van der Waals surface area (Å²) in [7, 11) is 0. The van der Waals surface area contributed by atoms with Crippen molar-refractivity contribution in [2.45, 2.75) is 18.4 Å². The van der Waals surface area contributed by atoms with Gasteiger partial charge in [0.2, 0.25) is 0 Å². The molecule has 0 bridgehead atoms. The molecule has 0 spiro atoms. The molecule has 1 fully saturated rings. The third-order valence-electron chi connectivity index (χ3n) is 2.84. The molecule has 0 aliphatic carbocycles. The van der Waals surface area contributed by atoms with E-state index in [-0.39, 0.29) is 0 Å². The number of carboxylic acid groups (broad SMARTS) is 1. The first kappa shape index (κ1) is 10.5. The van der Waals surface area contributed by atoms with E-state index < -0.39 is 11.5 Å². The van der Waals surface area contributed by atoms with E-state index in [2.05, 4.69) is 5.32 Å². The topological polar surface area (TPSA) is 49.3 Å². The first-order valence-electron chi connectivity index (χ1n) is 4.90. The van der Waals surface area contributed by atoms with E-state index in [0.717, 1.165) is 18.5 Å². The molecule has 1 heterocycles. The van der Waals surface area contributed by atoms with Crippen LogP contribution in [0.4, 0.5) is 0 Å². The van der Waals surface area contributed by atoms with Gasteiger partial charge in [0, 0.05) is 5.02 Å². The number of halogens is 1. The van der Waals surface area contributed by atoms with Crippen LogP contribution in [0.1, 0.15) is 18.4 Å². The Morgan fingerprint density at radius 2 is 2.33 bits per heavy atom. The number of aliphatic carboxylic acids is 1. The Kier molecular flexibility index (Phi) is 2.67. The van der Waals surface area contributed by atoms with Crippen molar-refractivity contribution in [1.82, 2.24) is 5.32 Å². The summed E-state index contributed by atoms with van der Waals surface area (Å²) in [4.78, 5) is 11.3. The van der Waals surface area contributed by atoms with Crippen LogP contribution in [0.15, 0.2) is 24.3 Å². The van der Waals surface area contributed by atoms with Crippen LogP contribution in [0.5, 0.6) is 0 Å². The van der Waals surface area contributed by atoms with Crippen LogP contribution in [0, 0.1) is 0 Å². The normalized spacial score (nSPS) is 25.4. The fraction of sp³-hybridized carbons (Fsp3) is 0.364. The van der Waals surface area contributed by atoms with Crippen LogP contribution >= 0.6 is 11.6 Å². The Hall–Kier alpha value is -1.06. The summed E-state index contributed by atoms with van der Waals surface area (Å²) in [6.45, 7) is 0.735. The lowest BCUT2D eigenvalue weighted by molar-refractivity contribution is -0.144. The summed E-state index contributed by atoms with van der Waals surface area (Å²) in [5, 5.41) is 12.9. The van der Waals surface area contributed by atoms with E-state index in [4.69, 9.17) is 11.6 Å².